The molecule has 1 N–H and O–H groups in total. The summed E-state index contributed by atoms with van der Waals surface area (Å²) in [7, 11) is 0. The highest BCUT2D eigenvalue weighted by Gasteiger charge is 2.30. The minimum Gasteiger partial charge on any atom is -0.481 e. The number of piperazine rings is 1. The largest absolute Gasteiger partial charge is 0.481 e. The molecule has 0 bridgehead atoms. The molecule has 37 heavy (non-hydrogen) atoms. The second-order valence-electron chi connectivity index (χ2n) is 8.60. The highest BCUT2D eigenvalue weighted by Crippen LogP contribution is 2.27. The molecule has 0 radical (unpaired) electrons. The Morgan fingerprint density at radius 1 is 0.973 bits per heavy atom. The number of hydrogen-bond acceptors (Lipinski definition) is 6. The highest BCUT2D eigenvalue weighted by atomic mass is 19.2. The summed E-state index contributed by atoms with van der Waals surface area (Å²) in [5.41, 5.74) is 1.03. The van der Waals surface area contributed by atoms with Gasteiger partial charge < -0.3 is 14.7 Å². The topological polar surface area (TPSA) is 104 Å². The van der Waals surface area contributed by atoms with Gasteiger partial charge in [-0.3, -0.25) is 24.1 Å². The van der Waals surface area contributed by atoms with Crippen molar-refractivity contribution in [2.45, 2.75) is 19.4 Å². The molecule has 0 aromatic heterocycles. The monoisotopic (exact) mass is 524 g/mol. The van der Waals surface area contributed by atoms with Crippen molar-refractivity contribution < 1.29 is 46.6 Å². The summed E-state index contributed by atoms with van der Waals surface area (Å²) >= 11 is 0. The van der Waals surface area contributed by atoms with Crippen LogP contribution in [0.1, 0.15) is 18.4 Å². The molecule has 0 aliphatic carbocycles. The molecule has 0 spiro atoms. The van der Waals surface area contributed by atoms with Crippen molar-refractivity contribution in [3.8, 4) is 5.75 Å². The van der Waals surface area contributed by atoms with Crippen molar-refractivity contribution in [3.63, 3.8) is 0 Å². The number of benzene rings is 2. The van der Waals surface area contributed by atoms with E-state index in [9.17, 15) is 36.7 Å². The molecular weight excluding hydrogens is 500 g/mol. The average Bonchev–Trinajstić information content (AvgIpc) is 2.84. The van der Waals surface area contributed by atoms with Crippen LogP contribution in [0.3, 0.4) is 0 Å². The van der Waals surface area contributed by atoms with Crippen molar-refractivity contribution in [1.29, 1.82) is 0 Å². The number of rotatable bonds is 12. The maximum Gasteiger partial charge on any atom is 0.304 e. The van der Waals surface area contributed by atoms with Crippen LogP contribution in [0.25, 0.3) is 0 Å². The van der Waals surface area contributed by atoms with Crippen LogP contribution < -0.4 is 4.74 Å². The number of carbonyl (C=O) groups is 4. The molecule has 1 aliphatic heterocycles. The van der Waals surface area contributed by atoms with Crippen molar-refractivity contribution in [2.24, 2.45) is 5.92 Å². The van der Waals surface area contributed by atoms with Crippen LogP contribution in [0.5, 0.6) is 5.75 Å². The Kier molecular flexibility index (Phi) is 9.34. The van der Waals surface area contributed by atoms with E-state index in [-0.39, 0.29) is 31.6 Å². The zero-order chi connectivity index (χ0) is 27.1. The lowest BCUT2D eigenvalue weighted by atomic mass is 9.94. The predicted octanol–water partition coefficient (Wildman–Crippen LogP) is 2.59. The maximum atomic E-state index is 13.8. The van der Waals surface area contributed by atoms with Gasteiger partial charge in [0.25, 0.3) is 0 Å². The Morgan fingerprint density at radius 3 is 2.22 bits per heavy atom. The second kappa shape index (κ2) is 12.4. The molecular formula is C25H24F4N2O6. The smallest absolute Gasteiger partial charge is 0.304 e. The number of Topliss-reactive ketones (excluding diaryl/α,β-unsaturated/α-hetero) is 2. The van der Waals surface area contributed by atoms with Crippen LogP contribution in [0.4, 0.5) is 17.6 Å². The first-order valence-electron chi connectivity index (χ1n) is 11.3. The van der Waals surface area contributed by atoms with E-state index in [1.807, 2.05) is 35.2 Å². The predicted molar refractivity (Wildman–Crippen MR) is 120 cm³/mol. The van der Waals surface area contributed by atoms with Gasteiger partial charge in [0.05, 0.1) is 19.5 Å². The molecule has 1 saturated heterocycles. The van der Waals surface area contributed by atoms with Crippen molar-refractivity contribution in [3.05, 3.63) is 65.2 Å². The van der Waals surface area contributed by atoms with Gasteiger partial charge in [-0.25, -0.2) is 8.78 Å². The zero-order valence-corrected chi connectivity index (χ0v) is 19.6. The standard InChI is InChI=1S/C25H24F4N2O6/c26-18-10-19(27)24(29)25(23(18)28)37-14-20(33)16(9-22(35)36)8-17(32)12-31-7-6-30(13-21(31)34)11-15-4-2-1-3-5-15/h1-5,10,16H,6-9,11-14H2,(H,35,36)/t16-/m0/s1. The number of ketones is 2. The van der Waals surface area contributed by atoms with Crippen LogP contribution in [0.2, 0.25) is 0 Å². The van der Waals surface area contributed by atoms with Gasteiger partial charge in [0.15, 0.2) is 29.0 Å². The van der Waals surface area contributed by atoms with Gasteiger partial charge >= 0.3 is 5.97 Å². The van der Waals surface area contributed by atoms with E-state index in [1.165, 1.54) is 4.90 Å². The number of aliphatic carboxylic acids is 1. The Bertz CT molecular complexity index is 1150. The average molecular weight is 524 g/mol. The number of halogens is 4. The number of nitrogens with zero attached hydrogens (tertiary/aromatic N) is 2. The van der Waals surface area contributed by atoms with Crippen LogP contribution >= 0.6 is 0 Å². The molecule has 1 fully saturated rings. The van der Waals surface area contributed by atoms with Gasteiger partial charge in [-0.1, -0.05) is 30.3 Å². The van der Waals surface area contributed by atoms with Crippen LogP contribution in [0.15, 0.2) is 36.4 Å². The van der Waals surface area contributed by atoms with E-state index in [1.54, 1.807) is 0 Å². The Labute approximate surface area is 209 Å². The van der Waals surface area contributed by atoms with Gasteiger partial charge in [-0.05, 0) is 5.56 Å². The molecule has 1 amide bonds. The molecule has 198 valence electrons. The Balaban J connectivity index is 1.56. The number of carbonyl (C=O) groups excluding carboxylic acids is 3. The molecule has 2 aromatic carbocycles. The van der Waals surface area contributed by atoms with Gasteiger partial charge in [0.2, 0.25) is 17.5 Å². The zero-order valence-electron chi connectivity index (χ0n) is 19.6. The quantitative estimate of drug-likeness (QED) is 0.336. The fourth-order valence-electron chi connectivity index (χ4n) is 3.90. The SMILES string of the molecule is O=C(O)C[C@H](CC(=O)CN1CCN(Cc2ccccc2)CC1=O)C(=O)COc1c(F)c(F)cc(F)c1F. The fourth-order valence-corrected chi connectivity index (χ4v) is 3.90. The van der Waals surface area contributed by atoms with E-state index in [4.69, 9.17) is 5.11 Å². The van der Waals surface area contributed by atoms with Gasteiger partial charge in [-0.2, -0.15) is 8.78 Å². The van der Waals surface area contributed by atoms with E-state index in [2.05, 4.69) is 4.74 Å². The molecule has 2 aromatic rings. The molecule has 3 rings (SSSR count). The third-order valence-electron chi connectivity index (χ3n) is 5.79. The van der Waals surface area contributed by atoms with Crippen LogP contribution in [-0.4, -0.2) is 71.1 Å². The fraction of sp³-hybridized carbons (Fsp3) is 0.360. The van der Waals surface area contributed by atoms with Crippen molar-refractivity contribution in [1.82, 2.24) is 9.80 Å². The minimum atomic E-state index is -1.86. The second-order valence-corrected chi connectivity index (χ2v) is 8.60. The number of carboxylic acid groups (broad SMARTS) is 1. The summed E-state index contributed by atoms with van der Waals surface area (Å²) in [4.78, 5) is 52.0. The molecule has 0 unspecified atom stereocenters. The Morgan fingerprint density at radius 2 is 1.62 bits per heavy atom. The van der Waals surface area contributed by atoms with E-state index >= 15 is 0 Å². The third-order valence-corrected chi connectivity index (χ3v) is 5.79. The first-order valence-corrected chi connectivity index (χ1v) is 11.3. The van der Waals surface area contributed by atoms with Crippen molar-refractivity contribution >= 4 is 23.4 Å². The first-order chi connectivity index (χ1) is 17.5. The molecule has 8 nitrogen and oxygen atoms in total. The molecule has 0 saturated carbocycles. The summed E-state index contributed by atoms with van der Waals surface area (Å²) in [6.07, 6.45) is -1.37. The summed E-state index contributed by atoms with van der Waals surface area (Å²) in [5.74, 6) is -13.5. The van der Waals surface area contributed by atoms with Gasteiger partial charge in [0.1, 0.15) is 6.61 Å². The number of ether oxygens (including phenoxy) is 1. The van der Waals surface area contributed by atoms with Crippen molar-refractivity contribution in [2.75, 3.05) is 32.8 Å². The van der Waals surface area contributed by atoms with E-state index in [0.29, 0.717) is 13.1 Å². The number of amides is 1. The maximum absolute atomic E-state index is 13.8. The third kappa shape index (κ3) is 7.59. The van der Waals surface area contributed by atoms with Gasteiger partial charge in [0, 0.05) is 38.0 Å². The summed E-state index contributed by atoms with van der Waals surface area (Å²) in [6.45, 7) is -0.0865. The van der Waals surface area contributed by atoms with E-state index in [0.717, 1.165) is 5.56 Å². The molecule has 1 aliphatic rings. The summed E-state index contributed by atoms with van der Waals surface area (Å²) < 4.78 is 58.8. The molecule has 1 atom stereocenters. The normalized spacial score (nSPS) is 14.9. The van der Waals surface area contributed by atoms with Crippen LogP contribution in [0, 0.1) is 29.2 Å². The van der Waals surface area contributed by atoms with E-state index < -0.39 is 71.9 Å². The van der Waals surface area contributed by atoms with Gasteiger partial charge in [-0.15, -0.1) is 0 Å². The lowest BCUT2D eigenvalue weighted by Crippen LogP contribution is -2.51. The molecule has 12 heteroatoms. The number of carboxylic acids is 1. The summed E-state index contributed by atoms with van der Waals surface area (Å²) in [6, 6.07) is 9.47. The first kappa shape index (κ1) is 27.8. The lowest BCUT2D eigenvalue weighted by molar-refractivity contribution is -0.143. The van der Waals surface area contributed by atoms with Crippen LogP contribution in [-0.2, 0) is 25.7 Å². The summed E-state index contributed by atoms with van der Waals surface area (Å²) in [5, 5.41) is 9.11. The lowest BCUT2D eigenvalue weighted by Gasteiger charge is -2.34. The Hall–Kier alpha value is -3.80. The molecule has 1 heterocycles. The minimum absolute atomic E-state index is 0.0337. The highest BCUT2D eigenvalue weighted by molar-refractivity contribution is 5.93. The number of hydrogen-bond donors (Lipinski definition) is 1.